The molecule has 1 aliphatic rings. The van der Waals surface area contributed by atoms with Crippen LogP contribution in [-0.2, 0) is 11.3 Å². The highest BCUT2D eigenvalue weighted by Crippen LogP contribution is 2.27. The molecule has 0 radical (unpaired) electrons. The Bertz CT molecular complexity index is 1040. The monoisotopic (exact) mass is 472 g/mol. The van der Waals surface area contributed by atoms with Crippen LogP contribution in [0.4, 0.5) is 0 Å². The molecule has 0 saturated carbocycles. The topological polar surface area (TPSA) is 76.6 Å². The fraction of sp³-hybridized carbons (Fsp3) is 0.143. The lowest BCUT2D eigenvalue weighted by Gasteiger charge is -2.14. The van der Waals surface area contributed by atoms with Crippen LogP contribution in [0.2, 0.25) is 0 Å². The fourth-order valence-corrected chi connectivity index (χ4v) is 3.82. The summed E-state index contributed by atoms with van der Waals surface area (Å²) in [5.74, 6) is -0.986. The first-order valence-electron chi connectivity index (χ1n) is 8.75. The Balaban J connectivity index is 0.00000240. The quantitative estimate of drug-likeness (QED) is 0.407. The van der Waals surface area contributed by atoms with E-state index in [4.69, 9.17) is 4.74 Å². The molecule has 1 aromatic heterocycles. The van der Waals surface area contributed by atoms with Crippen molar-refractivity contribution in [2.24, 2.45) is 0 Å². The molecule has 2 aromatic carbocycles. The van der Waals surface area contributed by atoms with Crippen molar-refractivity contribution in [1.29, 1.82) is 0 Å². The molecule has 0 bridgehead atoms. The number of carbonyl (C=O) groups excluding carboxylic acids is 3. The molecule has 0 atom stereocenters. The molecule has 1 aliphatic heterocycles. The lowest BCUT2D eigenvalue weighted by Crippen LogP contribution is -2.29. The Labute approximate surface area is 181 Å². The first-order valence-corrected chi connectivity index (χ1v) is 9.63. The highest BCUT2D eigenvalue weighted by atomic mass is 79.9. The summed E-state index contributed by atoms with van der Waals surface area (Å²) in [5.41, 5.74) is 2.86. The van der Waals surface area contributed by atoms with Crippen molar-refractivity contribution in [1.82, 2.24) is 9.88 Å². The lowest BCUT2D eigenvalue weighted by molar-refractivity contribution is 0.0519. The number of imide groups is 1. The number of ether oxygens (including phenoxy) is 1. The molecule has 0 N–H and O–H groups in total. The normalized spacial score (nSPS) is 12.5. The Morgan fingerprint density at radius 3 is 2.24 bits per heavy atom. The van der Waals surface area contributed by atoms with Gasteiger partial charge in [0.15, 0.2) is 5.69 Å². The van der Waals surface area contributed by atoms with Gasteiger partial charge in [0.25, 0.3) is 11.8 Å². The van der Waals surface area contributed by atoms with E-state index in [2.05, 4.69) is 4.98 Å². The zero-order valence-corrected chi connectivity index (χ0v) is 18.0. The molecule has 0 fully saturated rings. The van der Waals surface area contributed by atoms with Crippen molar-refractivity contribution >= 4 is 46.1 Å². The summed E-state index contributed by atoms with van der Waals surface area (Å²) in [4.78, 5) is 42.3. The van der Waals surface area contributed by atoms with Crippen LogP contribution in [0.3, 0.4) is 0 Å². The van der Waals surface area contributed by atoms with E-state index in [1.807, 2.05) is 24.3 Å². The number of rotatable bonds is 5. The molecule has 0 aliphatic carbocycles. The number of carbonyl (C=O) groups is 3. The summed E-state index contributed by atoms with van der Waals surface area (Å²) >= 11 is 1.36. The van der Waals surface area contributed by atoms with E-state index < -0.39 is 5.97 Å². The molecular formula is C21H17BrN2O4S. The third-order valence-corrected chi connectivity index (χ3v) is 5.30. The number of benzene rings is 2. The molecule has 3 aromatic rings. The summed E-state index contributed by atoms with van der Waals surface area (Å²) in [6.45, 7) is 2.26. The van der Waals surface area contributed by atoms with Gasteiger partial charge in [0.1, 0.15) is 5.01 Å². The third kappa shape index (κ3) is 3.99. The molecule has 4 rings (SSSR count). The number of hydrogen-bond donors (Lipinski definition) is 0. The highest BCUT2D eigenvalue weighted by molar-refractivity contribution is 8.93. The van der Waals surface area contributed by atoms with Crippen molar-refractivity contribution in [3.05, 3.63) is 76.3 Å². The van der Waals surface area contributed by atoms with Gasteiger partial charge in [-0.1, -0.05) is 36.4 Å². The molecule has 0 unspecified atom stereocenters. The minimum atomic E-state index is -0.438. The molecule has 8 heteroatoms. The Hall–Kier alpha value is -2.84. The van der Waals surface area contributed by atoms with Gasteiger partial charge in [-0.15, -0.1) is 28.3 Å². The predicted molar refractivity (Wildman–Crippen MR) is 114 cm³/mol. The van der Waals surface area contributed by atoms with E-state index in [1.165, 1.54) is 16.2 Å². The summed E-state index contributed by atoms with van der Waals surface area (Å²) in [5, 5.41) is 2.37. The van der Waals surface area contributed by atoms with Gasteiger partial charge < -0.3 is 4.74 Å². The summed E-state index contributed by atoms with van der Waals surface area (Å²) in [6.07, 6.45) is 0. The number of fused-ring (bicyclic) bond motifs is 1. The van der Waals surface area contributed by atoms with Gasteiger partial charge in [-0.25, -0.2) is 9.78 Å². The van der Waals surface area contributed by atoms with Gasteiger partial charge in [-0.05, 0) is 24.6 Å². The van der Waals surface area contributed by atoms with Crippen molar-refractivity contribution in [2.45, 2.75) is 13.5 Å². The van der Waals surface area contributed by atoms with Crippen LogP contribution in [-0.4, -0.2) is 34.3 Å². The second kappa shape index (κ2) is 8.67. The van der Waals surface area contributed by atoms with Gasteiger partial charge in [0, 0.05) is 10.9 Å². The van der Waals surface area contributed by atoms with Crippen LogP contribution < -0.4 is 0 Å². The minimum Gasteiger partial charge on any atom is -0.461 e. The number of halogens is 1. The standard InChI is InChI=1S/C21H16N2O4S.BrH/c1-2-27-21(26)17-12-28-18(22-17)14-9-7-13(8-10-14)11-23-19(24)15-5-3-4-6-16(15)20(23)25;/h3-10,12H,2,11H2,1H3;1H. The Morgan fingerprint density at radius 2 is 1.66 bits per heavy atom. The zero-order valence-electron chi connectivity index (χ0n) is 15.5. The zero-order chi connectivity index (χ0) is 19.7. The second-order valence-corrected chi connectivity index (χ2v) is 7.06. The van der Waals surface area contributed by atoms with E-state index >= 15 is 0 Å². The van der Waals surface area contributed by atoms with E-state index in [0.29, 0.717) is 22.7 Å². The van der Waals surface area contributed by atoms with Gasteiger partial charge in [0.2, 0.25) is 0 Å². The van der Waals surface area contributed by atoms with Crippen LogP contribution in [0.1, 0.15) is 43.7 Å². The molecule has 0 saturated heterocycles. The maximum atomic E-state index is 12.5. The smallest absolute Gasteiger partial charge is 0.357 e. The molecule has 6 nitrogen and oxygen atoms in total. The third-order valence-electron chi connectivity index (χ3n) is 4.41. The van der Waals surface area contributed by atoms with E-state index in [9.17, 15) is 14.4 Å². The van der Waals surface area contributed by atoms with Gasteiger partial charge in [-0.2, -0.15) is 0 Å². The predicted octanol–water partition coefficient (Wildman–Crippen LogP) is 4.36. The Kier molecular flexibility index (Phi) is 6.24. The second-order valence-electron chi connectivity index (χ2n) is 6.20. The molecule has 148 valence electrons. The maximum absolute atomic E-state index is 12.5. The summed E-state index contributed by atoms with van der Waals surface area (Å²) in [7, 11) is 0. The summed E-state index contributed by atoms with van der Waals surface area (Å²) in [6, 6.07) is 14.3. The number of thiazole rings is 1. The van der Waals surface area contributed by atoms with Gasteiger partial charge in [-0.3, -0.25) is 14.5 Å². The van der Waals surface area contributed by atoms with Crippen LogP contribution in [0.15, 0.2) is 53.9 Å². The number of aromatic nitrogens is 1. The lowest BCUT2D eigenvalue weighted by atomic mass is 10.1. The first kappa shape index (κ1) is 20.9. The summed E-state index contributed by atoms with van der Waals surface area (Å²) < 4.78 is 4.95. The van der Waals surface area contributed by atoms with Crippen LogP contribution in [0.25, 0.3) is 10.6 Å². The SMILES string of the molecule is Br.CCOC(=O)c1csc(-c2ccc(CN3C(=O)c4ccccc4C3=O)cc2)n1. The fourth-order valence-electron chi connectivity index (χ4n) is 3.02. The number of nitrogens with zero attached hydrogens (tertiary/aromatic N) is 2. The number of amides is 2. The van der Waals surface area contributed by atoms with Gasteiger partial charge >= 0.3 is 5.97 Å². The van der Waals surface area contributed by atoms with Crippen molar-refractivity contribution in [3.63, 3.8) is 0 Å². The first-order chi connectivity index (χ1) is 13.6. The molecule has 2 amide bonds. The van der Waals surface area contributed by atoms with Crippen LogP contribution >= 0.6 is 28.3 Å². The number of hydrogen-bond acceptors (Lipinski definition) is 6. The molecule has 0 spiro atoms. The average Bonchev–Trinajstić information content (AvgIpc) is 3.30. The van der Waals surface area contributed by atoms with Crippen LogP contribution in [0.5, 0.6) is 0 Å². The minimum absolute atomic E-state index is 0. The molecular weight excluding hydrogens is 456 g/mol. The number of esters is 1. The average molecular weight is 473 g/mol. The molecule has 29 heavy (non-hydrogen) atoms. The highest BCUT2D eigenvalue weighted by Gasteiger charge is 2.34. The maximum Gasteiger partial charge on any atom is 0.357 e. The van der Waals surface area contributed by atoms with E-state index in [-0.39, 0.29) is 41.0 Å². The van der Waals surface area contributed by atoms with Crippen LogP contribution in [0, 0.1) is 0 Å². The molecule has 2 heterocycles. The van der Waals surface area contributed by atoms with E-state index in [1.54, 1.807) is 36.6 Å². The van der Waals surface area contributed by atoms with Crippen molar-refractivity contribution < 1.29 is 19.1 Å². The largest absolute Gasteiger partial charge is 0.461 e. The van der Waals surface area contributed by atoms with E-state index in [0.717, 1.165) is 11.1 Å². The Morgan fingerprint density at radius 1 is 1.03 bits per heavy atom. The van der Waals surface area contributed by atoms with Crippen molar-refractivity contribution in [3.8, 4) is 10.6 Å². The van der Waals surface area contributed by atoms with Gasteiger partial charge in [0.05, 0.1) is 24.3 Å². The van der Waals surface area contributed by atoms with Crippen molar-refractivity contribution in [2.75, 3.05) is 6.61 Å².